The molecule has 0 aromatic heterocycles. The Balaban J connectivity index is 3.09. The van der Waals surface area contributed by atoms with Crippen LogP contribution in [0.5, 0.6) is 0 Å². The summed E-state index contributed by atoms with van der Waals surface area (Å²) in [6.45, 7) is 0. The number of nitrogens with two attached hydrogens (primary N) is 1. The lowest BCUT2D eigenvalue weighted by Crippen LogP contribution is -2.58. The van der Waals surface area contributed by atoms with E-state index in [1.165, 1.54) is 0 Å². The molecule has 0 saturated heterocycles. The number of hydrogen-bond donors (Lipinski definition) is 8. The SMILES string of the molecule is NC(CCC(=O)O)C(=O)NC(Cc1ccccc1)C(=O)NC(CC(=O)O)C(=O)NC(CCC(=O)O)C(=O)O. The van der Waals surface area contributed by atoms with Gasteiger partial charge in [0.2, 0.25) is 17.7 Å². The second kappa shape index (κ2) is 15.6. The summed E-state index contributed by atoms with van der Waals surface area (Å²) in [5, 5.41) is 42.6. The molecule has 0 fully saturated rings. The number of carbonyl (C=O) groups is 7. The lowest BCUT2D eigenvalue weighted by Gasteiger charge is -2.24. The molecule has 4 unspecified atom stereocenters. The Morgan fingerprint density at radius 3 is 1.68 bits per heavy atom. The summed E-state index contributed by atoms with van der Waals surface area (Å²) in [7, 11) is 0. The summed E-state index contributed by atoms with van der Waals surface area (Å²) < 4.78 is 0. The van der Waals surface area contributed by atoms with E-state index in [2.05, 4.69) is 10.6 Å². The number of carboxylic acid groups (broad SMARTS) is 4. The average Bonchev–Trinajstić information content (AvgIpc) is 2.83. The van der Waals surface area contributed by atoms with Crippen LogP contribution in [0.25, 0.3) is 0 Å². The molecule has 15 nitrogen and oxygen atoms in total. The minimum atomic E-state index is -1.78. The summed E-state index contributed by atoms with van der Waals surface area (Å²) in [6.07, 6.45) is -2.78. The van der Waals surface area contributed by atoms with E-state index in [-0.39, 0.29) is 12.8 Å². The monoisotopic (exact) mass is 538 g/mol. The minimum Gasteiger partial charge on any atom is -0.481 e. The van der Waals surface area contributed by atoms with E-state index in [0.29, 0.717) is 5.56 Å². The van der Waals surface area contributed by atoms with Crippen molar-refractivity contribution in [3.8, 4) is 0 Å². The number of carbonyl (C=O) groups excluding carboxylic acids is 3. The van der Waals surface area contributed by atoms with Gasteiger partial charge in [-0.1, -0.05) is 30.3 Å². The molecule has 9 N–H and O–H groups in total. The molecular formula is C23H30N4O11. The highest BCUT2D eigenvalue weighted by molar-refractivity contribution is 5.95. The van der Waals surface area contributed by atoms with Crippen LogP contribution < -0.4 is 21.7 Å². The van der Waals surface area contributed by atoms with Crippen LogP contribution in [-0.4, -0.2) is 86.2 Å². The van der Waals surface area contributed by atoms with Crippen molar-refractivity contribution in [3.63, 3.8) is 0 Å². The molecule has 4 atom stereocenters. The quantitative estimate of drug-likeness (QED) is 0.110. The molecule has 0 aliphatic heterocycles. The molecule has 0 aliphatic carbocycles. The third-order valence-corrected chi connectivity index (χ3v) is 5.19. The van der Waals surface area contributed by atoms with Crippen LogP contribution in [-0.2, 0) is 40.0 Å². The van der Waals surface area contributed by atoms with Gasteiger partial charge in [0.05, 0.1) is 12.5 Å². The fraction of sp³-hybridized carbons (Fsp3) is 0.435. The smallest absolute Gasteiger partial charge is 0.326 e. The summed E-state index contributed by atoms with van der Waals surface area (Å²) in [5.74, 6) is -8.62. The van der Waals surface area contributed by atoms with Crippen molar-refractivity contribution in [2.75, 3.05) is 0 Å². The lowest BCUT2D eigenvalue weighted by molar-refractivity contribution is -0.144. The molecule has 0 aliphatic rings. The number of carboxylic acids is 4. The van der Waals surface area contributed by atoms with Gasteiger partial charge in [0.15, 0.2) is 0 Å². The normalized spacial score (nSPS) is 13.7. The van der Waals surface area contributed by atoms with Crippen molar-refractivity contribution in [2.45, 2.75) is 62.7 Å². The first-order chi connectivity index (χ1) is 17.8. The summed E-state index contributed by atoms with van der Waals surface area (Å²) in [4.78, 5) is 82.5. The molecule has 38 heavy (non-hydrogen) atoms. The van der Waals surface area contributed by atoms with Crippen molar-refractivity contribution < 1.29 is 54.0 Å². The van der Waals surface area contributed by atoms with Crippen LogP contribution in [0.2, 0.25) is 0 Å². The highest BCUT2D eigenvalue weighted by Crippen LogP contribution is 2.07. The number of nitrogens with one attached hydrogen (secondary N) is 3. The third kappa shape index (κ3) is 11.9. The molecule has 1 aromatic rings. The zero-order valence-electron chi connectivity index (χ0n) is 20.2. The van der Waals surface area contributed by atoms with Gasteiger partial charge >= 0.3 is 23.9 Å². The first kappa shape index (κ1) is 31.5. The molecule has 3 amide bonds. The maximum absolute atomic E-state index is 13.1. The molecule has 0 spiro atoms. The van der Waals surface area contributed by atoms with Gasteiger partial charge in [-0.2, -0.15) is 0 Å². The van der Waals surface area contributed by atoms with Gasteiger partial charge in [0.1, 0.15) is 18.1 Å². The molecule has 208 valence electrons. The van der Waals surface area contributed by atoms with Crippen molar-refractivity contribution in [1.29, 1.82) is 0 Å². The number of amides is 3. The fourth-order valence-corrected chi connectivity index (χ4v) is 3.20. The van der Waals surface area contributed by atoms with Crippen LogP contribution in [0.15, 0.2) is 30.3 Å². The van der Waals surface area contributed by atoms with E-state index in [1.807, 2.05) is 5.32 Å². The number of rotatable bonds is 17. The molecule has 15 heteroatoms. The van der Waals surface area contributed by atoms with Gasteiger partial charge in [-0.05, 0) is 18.4 Å². The predicted molar refractivity (Wildman–Crippen MR) is 128 cm³/mol. The molecule has 0 heterocycles. The van der Waals surface area contributed by atoms with Crippen LogP contribution in [0.4, 0.5) is 0 Å². The Hall–Kier alpha value is -4.53. The van der Waals surface area contributed by atoms with Crippen molar-refractivity contribution in [2.24, 2.45) is 5.73 Å². The minimum absolute atomic E-state index is 0.109. The first-order valence-electron chi connectivity index (χ1n) is 11.4. The second-order valence-corrected chi connectivity index (χ2v) is 8.28. The van der Waals surface area contributed by atoms with Gasteiger partial charge in [-0.15, -0.1) is 0 Å². The number of aliphatic carboxylic acids is 4. The topological polar surface area (TPSA) is 263 Å². The largest absolute Gasteiger partial charge is 0.481 e. The Labute approximate surface area is 216 Å². The van der Waals surface area contributed by atoms with E-state index in [9.17, 15) is 43.8 Å². The summed E-state index contributed by atoms with van der Waals surface area (Å²) in [5.41, 5.74) is 6.28. The zero-order chi connectivity index (χ0) is 28.8. The van der Waals surface area contributed by atoms with E-state index in [4.69, 9.17) is 15.9 Å². The molecule has 0 saturated carbocycles. The van der Waals surface area contributed by atoms with Crippen LogP contribution in [0.3, 0.4) is 0 Å². The fourth-order valence-electron chi connectivity index (χ4n) is 3.20. The van der Waals surface area contributed by atoms with Gasteiger partial charge < -0.3 is 42.1 Å². The third-order valence-electron chi connectivity index (χ3n) is 5.19. The maximum Gasteiger partial charge on any atom is 0.326 e. The van der Waals surface area contributed by atoms with Crippen molar-refractivity contribution >= 4 is 41.6 Å². The molecule has 0 radical (unpaired) electrons. The Morgan fingerprint density at radius 1 is 0.658 bits per heavy atom. The van der Waals surface area contributed by atoms with Crippen LogP contribution >= 0.6 is 0 Å². The van der Waals surface area contributed by atoms with Gasteiger partial charge in [-0.25, -0.2) is 4.79 Å². The zero-order valence-corrected chi connectivity index (χ0v) is 20.2. The Morgan fingerprint density at radius 2 is 1.16 bits per heavy atom. The Bertz CT molecular complexity index is 1030. The molecular weight excluding hydrogens is 508 g/mol. The summed E-state index contributed by atoms with van der Waals surface area (Å²) in [6, 6.07) is 2.21. The van der Waals surface area contributed by atoms with Gasteiger partial charge in [0.25, 0.3) is 0 Å². The average molecular weight is 539 g/mol. The van der Waals surface area contributed by atoms with Crippen molar-refractivity contribution in [3.05, 3.63) is 35.9 Å². The first-order valence-corrected chi connectivity index (χ1v) is 11.4. The van der Waals surface area contributed by atoms with Gasteiger partial charge in [0, 0.05) is 19.3 Å². The lowest BCUT2D eigenvalue weighted by atomic mass is 10.0. The molecule has 1 aromatic carbocycles. The van der Waals surface area contributed by atoms with E-state index < -0.39 is 91.4 Å². The highest BCUT2D eigenvalue weighted by Gasteiger charge is 2.32. The standard InChI is InChI=1S/C23H30N4O11/c24-13(6-8-17(28)29)20(34)26-15(10-12-4-2-1-3-5-12)21(35)27-16(11-19(32)33)22(36)25-14(23(37)38)7-9-18(30)31/h1-5,13-16H,6-11,24H2,(H,25,36)(H,26,34)(H,27,35)(H,28,29)(H,30,31)(H,32,33)(H,37,38). The van der Waals surface area contributed by atoms with Crippen LogP contribution in [0.1, 0.15) is 37.7 Å². The van der Waals surface area contributed by atoms with Crippen molar-refractivity contribution in [1.82, 2.24) is 16.0 Å². The van der Waals surface area contributed by atoms with E-state index >= 15 is 0 Å². The number of hydrogen-bond acceptors (Lipinski definition) is 8. The second-order valence-electron chi connectivity index (χ2n) is 8.28. The van der Waals surface area contributed by atoms with E-state index in [1.54, 1.807) is 30.3 Å². The maximum atomic E-state index is 13.1. The molecule has 0 bridgehead atoms. The van der Waals surface area contributed by atoms with Gasteiger partial charge in [-0.3, -0.25) is 28.8 Å². The predicted octanol–water partition coefficient (Wildman–Crippen LogP) is -1.70. The number of benzene rings is 1. The summed E-state index contributed by atoms with van der Waals surface area (Å²) >= 11 is 0. The Kier molecular flexibility index (Phi) is 12.9. The molecule has 1 rings (SSSR count). The van der Waals surface area contributed by atoms with Crippen LogP contribution in [0, 0.1) is 0 Å². The highest BCUT2D eigenvalue weighted by atomic mass is 16.4. The van der Waals surface area contributed by atoms with E-state index in [0.717, 1.165) is 0 Å².